The lowest BCUT2D eigenvalue weighted by Crippen LogP contribution is -2.39. The smallest absolute Gasteiger partial charge is 0.236 e. The second-order valence-corrected chi connectivity index (χ2v) is 6.24. The van der Waals surface area contributed by atoms with E-state index in [1.807, 2.05) is 30.1 Å². The van der Waals surface area contributed by atoms with E-state index in [-0.39, 0.29) is 11.3 Å². The molecule has 0 radical (unpaired) electrons. The molecule has 1 heterocycles. The fourth-order valence-electron chi connectivity index (χ4n) is 2.69. The molecule has 4 nitrogen and oxygen atoms in total. The van der Waals surface area contributed by atoms with Gasteiger partial charge in [-0.15, -0.1) is 0 Å². The van der Waals surface area contributed by atoms with Gasteiger partial charge in [-0.1, -0.05) is 37.3 Å². The maximum atomic E-state index is 12.3. The number of nitrogens with two attached hydrogens (primary N) is 1. The van der Waals surface area contributed by atoms with Crippen molar-refractivity contribution >= 4 is 5.91 Å². The summed E-state index contributed by atoms with van der Waals surface area (Å²) in [7, 11) is 1.99. The first kappa shape index (κ1) is 15.0. The molecule has 2 N–H and O–H groups in total. The van der Waals surface area contributed by atoms with Crippen molar-refractivity contribution in [3.63, 3.8) is 0 Å². The average Bonchev–Trinajstić information content (AvgIpc) is 2.83. The molecule has 110 valence electrons. The number of amides is 1. The van der Waals surface area contributed by atoms with Crippen LogP contribution in [-0.2, 0) is 11.3 Å². The lowest BCUT2D eigenvalue weighted by Gasteiger charge is -2.24. The van der Waals surface area contributed by atoms with E-state index in [1.54, 1.807) is 0 Å². The van der Waals surface area contributed by atoms with E-state index in [2.05, 4.69) is 24.0 Å². The summed E-state index contributed by atoms with van der Waals surface area (Å²) < 4.78 is 0. The van der Waals surface area contributed by atoms with Gasteiger partial charge in [-0.25, -0.2) is 0 Å². The number of rotatable bonds is 5. The van der Waals surface area contributed by atoms with Crippen LogP contribution in [0.4, 0.5) is 0 Å². The highest BCUT2D eigenvalue weighted by Crippen LogP contribution is 2.28. The van der Waals surface area contributed by atoms with Crippen LogP contribution in [0.25, 0.3) is 0 Å². The molecule has 0 spiro atoms. The number of nitrogens with zero attached hydrogens (tertiary/aromatic N) is 2. The molecule has 0 aliphatic carbocycles. The number of hydrogen-bond donors (Lipinski definition) is 1. The van der Waals surface area contributed by atoms with Gasteiger partial charge in [-0.3, -0.25) is 9.69 Å². The van der Waals surface area contributed by atoms with Crippen molar-refractivity contribution in [3.8, 4) is 0 Å². The molecule has 1 aromatic carbocycles. The molecule has 1 atom stereocenters. The van der Waals surface area contributed by atoms with Crippen LogP contribution in [0.15, 0.2) is 30.3 Å². The zero-order valence-corrected chi connectivity index (χ0v) is 12.5. The summed E-state index contributed by atoms with van der Waals surface area (Å²) in [6.45, 7) is 5.71. The van der Waals surface area contributed by atoms with Crippen LogP contribution < -0.4 is 5.73 Å². The average molecular weight is 275 g/mol. The van der Waals surface area contributed by atoms with Crippen molar-refractivity contribution in [2.24, 2.45) is 11.1 Å². The Bertz CT molecular complexity index is 448. The van der Waals surface area contributed by atoms with Gasteiger partial charge in [0, 0.05) is 19.6 Å². The van der Waals surface area contributed by atoms with Gasteiger partial charge in [0.2, 0.25) is 5.91 Å². The number of hydrogen-bond acceptors (Lipinski definition) is 3. The quantitative estimate of drug-likeness (QED) is 0.881. The molecule has 4 heteroatoms. The summed E-state index contributed by atoms with van der Waals surface area (Å²) in [5.74, 6) is 0.209. The molecule has 1 saturated heterocycles. The Hall–Kier alpha value is -1.39. The minimum absolute atomic E-state index is 0.105. The van der Waals surface area contributed by atoms with Crippen molar-refractivity contribution in [3.05, 3.63) is 35.9 Å². The molecule has 1 aromatic rings. The zero-order chi connectivity index (χ0) is 14.6. The number of likely N-dealkylation sites (tertiary alicyclic amines) is 1. The first-order chi connectivity index (χ1) is 9.52. The van der Waals surface area contributed by atoms with Crippen molar-refractivity contribution in [1.29, 1.82) is 0 Å². The van der Waals surface area contributed by atoms with Crippen LogP contribution in [0, 0.1) is 5.41 Å². The summed E-state index contributed by atoms with van der Waals surface area (Å²) in [5, 5.41) is 0. The van der Waals surface area contributed by atoms with E-state index in [0.29, 0.717) is 13.1 Å². The van der Waals surface area contributed by atoms with Crippen LogP contribution in [0.2, 0.25) is 0 Å². The van der Waals surface area contributed by atoms with E-state index in [1.165, 1.54) is 5.56 Å². The first-order valence-electron chi connectivity index (χ1n) is 7.23. The van der Waals surface area contributed by atoms with Gasteiger partial charge in [0.1, 0.15) is 0 Å². The molecule has 1 unspecified atom stereocenters. The number of carbonyl (C=O) groups is 1. The second-order valence-electron chi connectivity index (χ2n) is 6.24. The van der Waals surface area contributed by atoms with Gasteiger partial charge in [0.25, 0.3) is 0 Å². The summed E-state index contributed by atoms with van der Waals surface area (Å²) in [5.41, 5.74) is 7.12. The largest absolute Gasteiger partial charge is 0.341 e. The fourth-order valence-corrected chi connectivity index (χ4v) is 2.69. The van der Waals surface area contributed by atoms with E-state index < -0.39 is 0 Å². The molecule has 1 aliphatic rings. The Labute approximate surface area is 121 Å². The Morgan fingerprint density at radius 2 is 2.10 bits per heavy atom. The first-order valence-corrected chi connectivity index (χ1v) is 7.23. The van der Waals surface area contributed by atoms with Crippen molar-refractivity contribution in [1.82, 2.24) is 9.80 Å². The predicted octanol–water partition coefficient (Wildman–Crippen LogP) is 1.32. The van der Waals surface area contributed by atoms with Crippen LogP contribution in [0.3, 0.4) is 0 Å². The molecule has 1 aliphatic heterocycles. The second kappa shape index (κ2) is 6.37. The van der Waals surface area contributed by atoms with Crippen LogP contribution in [0.5, 0.6) is 0 Å². The molecule has 0 bridgehead atoms. The van der Waals surface area contributed by atoms with Gasteiger partial charge in [-0.2, -0.15) is 0 Å². The van der Waals surface area contributed by atoms with E-state index >= 15 is 0 Å². The summed E-state index contributed by atoms with van der Waals surface area (Å²) >= 11 is 0. The lowest BCUT2D eigenvalue weighted by atomic mass is 9.90. The molecular formula is C16H25N3O. The maximum absolute atomic E-state index is 12.3. The number of carbonyl (C=O) groups excluding carboxylic acids is 1. The van der Waals surface area contributed by atoms with Crippen molar-refractivity contribution < 1.29 is 4.79 Å². The van der Waals surface area contributed by atoms with Gasteiger partial charge >= 0.3 is 0 Å². The van der Waals surface area contributed by atoms with Crippen molar-refractivity contribution in [2.45, 2.75) is 19.9 Å². The number of benzene rings is 1. The third-order valence-corrected chi connectivity index (χ3v) is 4.10. The standard InChI is InChI=1S/C16H25N3O/c1-16(12-17)8-9-19(13-16)15(20)11-18(2)10-14-6-4-3-5-7-14/h3-7H,8-13,17H2,1-2H3. The Kier molecular flexibility index (Phi) is 4.78. The molecule has 2 rings (SSSR count). The van der Waals surface area contributed by atoms with Crippen LogP contribution >= 0.6 is 0 Å². The normalized spacial score (nSPS) is 22.5. The third-order valence-electron chi connectivity index (χ3n) is 4.10. The maximum Gasteiger partial charge on any atom is 0.236 e. The summed E-state index contributed by atoms with van der Waals surface area (Å²) in [6, 6.07) is 10.2. The summed E-state index contributed by atoms with van der Waals surface area (Å²) in [4.78, 5) is 16.3. The Balaban J connectivity index is 1.83. The highest BCUT2D eigenvalue weighted by molar-refractivity contribution is 5.78. The Morgan fingerprint density at radius 1 is 1.40 bits per heavy atom. The zero-order valence-electron chi connectivity index (χ0n) is 12.5. The fraction of sp³-hybridized carbons (Fsp3) is 0.562. The minimum atomic E-state index is 0.105. The van der Waals surface area contributed by atoms with E-state index in [9.17, 15) is 4.79 Å². The third kappa shape index (κ3) is 3.81. The monoisotopic (exact) mass is 275 g/mol. The van der Waals surface area contributed by atoms with Crippen LogP contribution in [-0.4, -0.2) is 48.9 Å². The van der Waals surface area contributed by atoms with E-state index in [4.69, 9.17) is 5.73 Å². The van der Waals surface area contributed by atoms with Gasteiger partial charge in [-0.05, 0) is 31.0 Å². The Morgan fingerprint density at radius 3 is 2.70 bits per heavy atom. The minimum Gasteiger partial charge on any atom is -0.341 e. The predicted molar refractivity (Wildman–Crippen MR) is 81.1 cm³/mol. The highest BCUT2D eigenvalue weighted by Gasteiger charge is 2.34. The van der Waals surface area contributed by atoms with Gasteiger partial charge in [0.05, 0.1) is 6.54 Å². The molecule has 1 amide bonds. The van der Waals surface area contributed by atoms with E-state index in [0.717, 1.165) is 26.1 Å². The summed E-state index contributed by atoms with van der Waals surface area (Å²) in [6.07, 6.45) is 1.01. The molecule has 0 saturated carbocycles. The topological polar surface area (TPSA) is 49.6 Å². The molecule has 20 heavy (non-hydrogen) atoms. The van der Waals surface area contributed by atoms with Crippen LogP contribution in [0.1, 0.15) is 18.9 Å². The number of likely N-dealkylation sites (N-methyl/N-ethyl adjacent to an activating group) is 1. The molecule has 0 aromatic heterocycles. The molecule has 1 fully saturated rings. The lowest BCUT2D eigenvalue weighted by molar-refractivity contribution is -0.131. The SMILES string of the molecule is CN(CC(=O)N1CCC(C)(CN)C1)Cc1ccccc1. The highest BCUT2D eigenvalue weighted by atomic mass is 16.2. The van der Waals surface area contributed by atoms with Gasteiger partial charge in [0.15, 0.2) is 0 Å². The van der Waals surface area contributed by atoms with Crippen molar-refractivity contribution in [2.75, 3.05) is 33.2 Å². The van der Waals surface area contributed by atoms with Gasteiger partial charge < -0.3 is 10.6 Å². The molecular weight excluding hydrogens is 250 g/mol.